The van der Waals surface area contributed by atoms with Crippen molar-refractivity contribution in [1.82, 2.24) is 19.7 Å². The minimum atomic E-state index is -0.646. The van der Waals surface area contributed by atoms with Crippen molar-refractivity contribution in [1.29, 1.82) is 5.26 Å². The second-order valence-electron chi connectivity index (χ2n) is 8.11. The molecule has 0 bridgehead atoms. The largest absolute Gasteiger partial charge is 0.494 e. The van der Waals surface area contributed by atoms with Crippen molar-refractivity contribution in [2.75, 3.05) is 25.5 Å². The van der Waals surface area contributed by atoms with E-state index < -0.39 is 11.6 Å². The van der Waals surface area contributed by atoms with Gasteiger partial charge in [-0.2, -0.15) is 5.26 Å². The number of methoxy groups -OCH3 is 1. The number of nitriles is 1. The second kappa shape index (κ2) is 9.08. The van der Waals surface area contributed by atoms with Gasteiger partial charge in [0.2, 0.25) is 0 Å². The molecule has 0 amide bonds. The number of nitrogens with zero attached hydrogens (tertiary/aromatic N) is 4. The summed E-state index contributed by atoms with van der Waals surface area (Å²) in [6, 6.07) is 11.1. The Balaban J connectivity index is 1.68. The second-order valence-corrected chi connectivity index (χ2v) is 8.11. The third kappa shape index (κ3) is 3.93. The van der Waals surface area contributed by atoms with Crippen molar-refractivity contribution in [3.05, 3.63) is 66.0 Å². The fourth-order valence-electron chi connectivity index (χ4n) is 4.30. The number of benzene rings is 2. The molecule has 1 aliphatic rings. The van der Waals surface area contributed by atoms with Gasteiger partial charge in [0.1, 0.15) is 11.9 Å². The highest BCUT2D eigenvalue weighted by Gasteiger charge is 2.21. The Labute approximate surface area is 195 Å². The molecule has 34 heavy (non-hydrogen) atoms. The molecule has 1 unspecified atom stereocenters. The Bertz CT molecular complexity index is 1400. The summed E-state index contributed by atoms with van der Waals surface area (Å²) in [7, 11) is 1.40. The number of anilines is 1. The predicted molar refractivity (Wildman–Crippen MR) is 125 cm³/mol. The van der Waals surface area contributed by atoms with Crippen LogP contribution >= 0.6 is 0 Å². The van der Waals surface area contributed by atoms with E-state index in [-0.39, 0.29) is 11.3 Å². The number of hydrogen-bond acceptors (Lipinski definition) is 6. The van der Waals surface area contributed by atoms with Gasteiger partial charge >= 0.3 is 0 Å². The van der Waals surface area contributed by atoms with Gasteiger partial charge in [-0.3, -0.25) is 4.40 Å². The molecule has 1 aliphatic heterocycles. The van der Waals surface area contributed by atoms with Crippen molar-refractivity contribution >= 4 is 11.5 Å². The van der Waals surface area contributed by atoms with Gasteiger partial charge in [0.25, 0.3) is 0 Å². The summed E-state index contributed by atoms with van der Waals surface area (Å²) >= 11 is 0. The van der Waals surface area contributed by atoms with E-state index >= 15 is 0 Å². The monoisotopic (exact) mass is 460 g/mol. The number of nitrogens with one attached hydrogen (secondary N) is 2. The first-order valence-corrected chi connectivity index (χ1v) is 11.0. The number of rotatable bonds is 6. The van der Waals surface area contributed by atoms with Crippen LogP contribution in [0.1, 0.15) is 18.4 Å². The lowest BCUT2D eigenvalue weighted by atomic mass is 10.0. The molecule has 172 valence electrons. The smallest absolute Gasteiger partial charge is 0.181 e. The third-order valence-electron chi connectivity index (χ3n) is 6.01. The highest BCUT2D eigenvalue weighted by molar-refractivity contribution is 5.85. The van der Waals surface area contributed by atoms with E-state index in [9.17, 15) is 8.78 Å². The quantitative estimate of drug-likeness (QED) is 0.444. The van der Waals surface area contributed by atoms with E-state index in [1.54, 1.807) is 30.6 Å². The number of aromatic nitrogens is 3. The first kappa shape index (κ1) is 21.8. The molecular weight excluding hydrogens is 438 g/mol. The summed E-state index contributed by atoms with van der Waals surface area (Å²) in [4.78, 5) is 9.25. The predicted octanol–water partition coefficient (Wildman–Crippen LogP) is 4.39. The highest BCUT2D eigenvalue weighted by atomic mass is 19.1. The van der Waals surface area contributed by atoms with Crippen LogP contribution in [0.4, 0.5) is 14.6 Å². The summed E-state index contributed by atoms with van der Waals surface area (Å²) in [5, 5.41) is 15.9. The molecule has 1 fully saturated rings. The van der Waals surface area contributed by atoms with Crippen LogP contribution in [0.2, 0.25) is 0 Å². The van der Waals surface area contributed by atoms with Crippen molar-refractivity contribution < 1.29 is 13.5 Å². The third-order valence-corrected chi connectivity index (χ3v) is 6.01. The maximum Gasteiger partial charge on any atom is 0.181 e. The van der Waals surface area contributed by atoms with E-state index in [0.29, 0.717) is 46.6 Å². The van der Waals surface area contributed by atoms with Gasteiger partial charge in [-0.1, -0.05) is 6.07 Å². The minimum Gasteiger partial charge on any atom is -0.494 e. The standard InChI is InChI=1S/C25H22F2N6O/c1-34-21-7-6-16(12-20(21)27)23-22(15-4-5-17(13-28)19(26)11-15)32-25-24(30-9-10-33(23)25)31-14-18-3-2-8-29-18/h4-7,9-12,18,29H,2-3,8,14H2,1H3,(H,30,31). The molecule has 2 N–H and O–H groups in total. The minimum absolute atomic E-state index is 0.0577. The molecule has 0 radical (unpaired) electrons. The summed E-state index contributed by atoms with van der Waals surface area (Å²) in [6.45, 7) is 1.68. The normalized spacial score (nSPS) is 15.4. The molecule has 1 saturated heterocycles. The van der Waals surface area contributed by atoms with Gasteiger partial charge in [-0.05, 0) is 49.7 Å². The lowest BCUT2D eigenvalue weighted by Crippen LogP contribution is -2.29. The van der Waals surface area contributed by atoms with E-state index in [2.05, 4.69) is 15.6 Å². The zero-order valence-electron chi connectivity index (χ0n) is 18.5. The van der Waals surface area contributed by atoms with Crippen molar-refractivity contribution in [2.45, 2.75) is 18.9 Å². The summed E-state index contributed by atoms with van der Waals surface area (Å²) < 4.78 is 36.0. The van der Waals surface area contributed by atoms with Crippen molar-refractivity contribution in [2.24, 2.45) is 0 Å². The molecule has 5 rings (SSSR count). The average Bonchev–Trinajstić information content (AvgIpc) is 3.51. The van der Waals surface area contributed by atoms with E-state index in [1.807, 2.05) is 10.5 Å². The molecule has 2 aromatic heterocycles. The molecular formula is C25H22F2N6O. The molecule has 1 atom stereocenters. The van der Waals surface area contributed by atoms with Crippen LogP contribution in [0.25, 0.3) is 28.2 Å². The van der Waals surface area contributed by atoms with E-state index in [0.717, 1.165) is 19.4 Å². The molecule has 2 aromatic carbocycles. The zero-order valence-corrected chi connectivity index (χ0v) is 18.5. The van der Waals surface area contributed by atoms with Gasteiger partial charge in [0.05, 0.1) is 24.1 Å². The molecule has 0 spiro atoms. The Morgan fingerprint density at radius 3 is 2.74 bits per heavy atom. The molecule has 0 aliphatic carbocycles. The van der Waals surface area contributed by atoms with Crippen molar-refractivity contribution in [3.63, 3.8) is 0 Å². The number of fused-ring (bicyclic) bond motifs is 1. The van der Waals surface area contributed by atoms with Crippen LogP contribution in [-0.4, -0.2) is 40.6 Å². The average molecular weight is 460 g/mol. The Morgan fingerprint density at radius 1 is 1.21 bits per heavy atom. The lowest BCUT2D eigenvalue weighted by Gasteiger charge is -2.12. The highest BCUT2D eigenvalue weighted by Crippen LogP contribution is 2.36. The fourth-order valence-corrected chi connectivity index (χ4v) is 4.30. The van der Waals surface area contributed by atoms with Crippen LogP contribution in [0.5, 0.6) is 5.75 Å². The van der Waals surface area contributed by atoms with Gasteiger partial charge in [-0.15, -0.1) is 0 Å². The van der Waals surface area contributed by atoms with Gasteiger partial charge < -0.3 is 15.4 Å². The summed E-state index contributed by atoms with van der Waals surface area (Å²) in [5.74, 6) is -0.470. The fraction of sp³-hybridized carbons (Fsp3) is 0.240. The number of hydrogen-bond donors (Lipinski definition) is 2. The van der Waals surface area contributed by atoms with Gasteiger partial charge in [0.15, 0.2) is 23.0 Å². The van der Waals surface area contributed by atoms with Gasteiger partial charge in [-0.25, -0.2) is 18.7 Å². The van der Waals surface area contributed by atoms with Crippen LogP contribution in [-0.2, 0) is 0 Å². The van der Waals surface area contributed by atoms with Gasteiger partial charge in [0, 0.05) is 36.1 Å². The molecule has 0 saturated carbocycles. The number of ether oxygens (including phenoxy) is 1. The lowest BCUT2D eigenvalue weighted by molar-refractivity contribution is 0.386. The Morgan fingerprint density at radius 2 is 2.03 bits per heavy atom. The Hall–Kier alpha value is -4.03. The molecule has 3 heterocycles. The number of halogens is 2. The summed E-state index contributed by atoms with van der Waals surface area (Å²) in [6.07, 6.45) is 5.60. The van der Waals surface area contributed by atoms with Crippen LogP contribution in [0.15, 0.2) is 48.8 Å². The first-order chi connectivity index (χ1) is 16.6. The maximum atomic E-state index is 14.6. The van der Waals surface area contributed by atoms with Crippen molar-refractivity contribution in [3.8, 4) is 34.3 Å². The molecule has 9 heteroatoms. The molecule has 4 aromatic rings. The topological polar surface area (TPSA) is 87.3 Å². The Kier molecular flexibility index (Phi) is 5.82. The maximum absolute atomic E-state index is 14.6. The number of imidazole rings is 1. The van der Waals surface area contributed by atoms with E-state index in [1.165, 1.54) is 25.3 Å². The van der Waals surface area contributed by atoms with Crippen LogP contribution in [0.3, 0.4) is 0 Å². The van der Waals surface area contributed by atoms with Crippen LogP contribution in [0, 0.1) is 23.0 Å². The zero-order chi connectivity index (χ0) is 23.7. The first-order valence-electron chi connectivity index (χ1n) is 11.0. The SMILES string of the molecule is COc1ccc(-c2c(-c3ccc(C#N)c(F)c3)nc3c(NCC4CCCN4)nccn23)cc1F. The molecule has 7 nitrogen and oxygen atoms in total. The van der Waals surface area contributed by atoms with E-state index in [4.69, 9.17) is 15.0 Å². The van der Waals surface area contributed by atoms with Crippen LogP contribution < -0.4 is 15.4 Å². The summed E-state index contributed by atoms with van der Waals surface area (Å²) in [5.41, 5.74) is 2.51.